The highest BCUT2D eigenvalue weighted by molar-refractivity contribution is 6.35. The average Bonchev–Trinajstić information content (AvgIpc) is 2.26. The summed E-state index contributed by atoms with van der Waals surface area (Å²) in [6.07, 6.45) is -0.732. The number of nitrogens with one attached hydrogen (secondary N) is 1. The molecule has 18 heavy (non-hydrogen) atoms. The van der Waals surface area contributed by atoms with Crippen molar-refractivity contribution in [2.24, 2.45) is 0 Å². The summed E-state index contributed by atoms with van der Waals surface area (Å²) >= 11 is 6.03. The van der Waals surface area contributed by atoms with Crippen molar-refractivity contribution in [3.05, 3.63) is 39.0 Å². The maximum atomic E-state index is 11.8. The van der Waals surface area contributed by atoms with Crippen LogP contribution in [0.2, 0.25) is 5.02 Å². The van der Waals surface area contributed by atoms with Crippen molar-refractivity contribution in [1.29, 1.82) is 0 Å². The number of H-pyrrole nitrogens is 1. The van der Waals surface area contributed by atoms with Gasteiger partial charge in [0.15, 0.2) is 5.43 Å². The number of halogens is 1. The van der Waals surface area contributed by atoms with Crippen LogP contribution in [-0.2, 0) is 6.42 Å². The van der Waals surface area contributed by atoms with Crippen LogP contribution >= 0.6 is 11.6 Å². The van der Waals surface area contributed by atoms with E-state index in [0.717, 1.165) is 18.1 Å². The lowest BCUT2D eigenvalue weighted by molar-refractivity contribution is 0.142. The monoisotopic (exact) mass is 267 g/mol. The van der Waals surface area contributed by atoms with Crippen LogP contribution in [0.4, 0.5) is 4.79 Å². The number of aromatic amines is 1. The highest BCUT2D eigenvalue weighted by Crippen LogP contribution is 2.23. The number of aryl methyl sites for hydroxylation is 1. The summed E-state index contributed by atoms with van der Waals surface area (Å²) in [7, 11) is 0. The Morgan fingerprint density at radius 2 is 2.17 bits per heavy atom. The summed E-state index contributed by atoms with van der Waals surface area (Å²) in [5, 5.41) is 9.18. The zero-order valence-corrected chi connectivity index (χ0v) is 10.2. The fourth-order valence-electron chi connectivity index (χ4n) is 1.73. The van der Waals surface area contributed by atoms with Gasteiger partial charge in [-0.2, -0.15) is 0 Å². The van der Waals surface area contributed by atoms with Crippen LogP contribution in [0.3, 0.4) is 0 Å². The number of carboxylic acid groups (broad SMARTS) is 1. The van der Waals surface area contributed by atoms with E-state index >= 15 is 0 Å². The molecule has 2 rings (SSSR count). The van der Waals surface area contributed by atoms with E-state index in [1.54, 1.807) is 12.1 Å². The first-order chi connectivity index (χ1) is 8.51. The summed E-state index contributed by atoms with van der Waals surface area (Å²) in [6.45, 7) is 1.95. The second-order valence-electron chi connectivity index (χ2n) is 3.72. The number of hydrogen-bond donors (Lipinski definition) is 2. The summed E-state index contributed by atoms with van der Waals surface area (Å²) in [4.78, 5) is 25.0. The Balaban J connectivity index is 2.70. The molecule has 94 valence electrons. The van der Waals surface area contributed by atoms with Crippen molar-refractivity contribution in [2.75, 3.05) is 0 Å². The van der Waals surface area contributed by atoms with Crippen molar-refractivity contribution < 1.29 is 14.6 Å². The number of fused-ring (bicyclic) bond motifs is 1. The third-order valence-corrected chi connectivity index (χ3v) is 2.82. The number of hydrogen-bond acceptors (Lipinski definition) is 3. The molecule has 0 aliphatic heterocycles. The molecule has 0 unspecified atom stereocenters. The van der Waals surface area contributed by atoms with E-state index in [2.05, 4.69) is 9.72 Å². The molecule has 0 saturated carbocycles. The molecule has 2 N–H and O–H groups in total. The van der Waals surface area contributed by atoms with Gasteiger partial charge in [-0.3, -0.25) is 4.79 Å². The molecule has 0 saturated heterocycles. The van der Waals surface area contributed by atoms with Crippen molar-refractivity contribution in [1.82, 2.24) is 4.98 Å². The van der Waals surface area contributed by atoms with Gasteiger partial charge in [-0.15, -0.1) is 0 Å². The van der Waals surface area contributed by atoms with Gasteiger partial charge in [-0.25, -0.2) is 4.79 Å². The molecule has 0 aliphatic rings. The first kappa shape index (κ1) is 12.4. The molecular weight excluding hydrogens is 258 g/mol. The van der Waals surface area contributed by atoms with Crippen LogP contribution in [0, 0.1) is 0 Å². The number of pyridine rings is 1. The predicted molar refractivity (Wildman–Crippen MR) is 67.6 cm³/mol. The van der Waals surface area contributed by atoms with Gasteiger partial charge in [0, 0.05) is 6.07 Å². The van der Waals surface area contributed by atoms with Crippen molar-refractivity contribution in [3.63, 3.8) is 0 Å². The quantitative estimate of drug-likeness (QED) is 0.820. The molecule has 6 heteroatoms. The number of carbonyl (C=O) groups is 1. The van der Waals surface area contributed by atoms with E-state index in [-0.39, 0.29) is 11.3 Å². The Morgan fingerprint density at radius 1 is 1.44 bits per heavy atom. The van der Waals surface area contributed by atoms with E-state index in [4.69, 9.17) is 16.7 Å². The van der Waals surface area contributed by atoms with Gasteiger partial charge < -0.3 is 14.8 Å². The number of benzene rings is 1. The lowest BCUT2D eigenvalue weighted by Crippen LogP contribution is -2.09. The molecule has 0 spiro atoms. The van der Waals surface area contributed by atoms with E-state index in [1.807, 2.05) is 6.92 Å². The lowest BCUT2D eigenvalue weighted by atomic mass is 10.1. The zero-order chi connectivity index (χ0) is 13.3. The van der Waals surface area contributed by atoms with Crippen LogP contribution in [0.5, 0.6) is 5.88 Å². The Morgan fingerprint density at radius 3 is 2.78 bits per heavy atom. The Kier molecular flexibility index (Phi) is 3.25. The molecular formula is C12H10ClNO4. The van der Waals surface area contributed by atoms with E-state index in [0.29, 0.717) is 15.9 Å². The third-order valence-electron chi connectivity index (χ3n) is 2.52. The molecule has 0 bridgehead atoms. The van der Waals surface area contributed by atoms with Crippen LogP contribution in [-0.4, -0.2) is 16.2 Å². The minimum Gasteiger partial charge on any atom is -0.449 e. The topological polar surface area (TPSA) is 79.4 Å². The van der Waals surface area contributed by atoms with Crippen molar-refractivity contribution in [3.8, 4) is 5.88 Å². The maximum absolute atomic E-state index is 11.8. The summed E-state index contributed by atoms with van der Waals surface area (Å²) in [5.41, 5.74) is 1.02. The largest absolute Gasteiger partial charge is 0.512 e. The Bertz CT molecular complexity index is 678. The summed E-state index contributed by atoms with van der Waals surface area (Å²) < 4.78 is 4.43. The molecule has 0 aliphatic carbocycles. The summed E-state index contributed by atoms with van der Waals surface area (Å²) in [6, 6.07) is 4.53. The van der Waals surface area contributed by atoms with Gasteiger partial charge in [0.05, 0.1) is 15.9 Å². The fraction of sp³-hybridized carbons (Fsp3) is 0.167. The van der Waals surface area contributed by atoms with Gasteiger partial charge in [0.1, 0.15) is 0 Å². The average molecular weight is 268 g/mol. The van der Waals surface area contributed by atoms with Crippen LogP contribution < -0.4 is 10.2 Å². The Hall–Kier alpha value is -2.01. The third kappa shape index (κ3) is 2.31. The van der Waals surface area contributed by atoms with E-state index in [9.17, 15) is 9.59 Å². The molecule has 0 fully saturated rings. The summed E-state index contributed by atoms with van der Waals surface area (Å²) in [5.74, 6) is -0.121. The van der Waals surface area contributed by atoms with Crippen LogP contribution in [0.15, 0.2) is 23.0 Å². The molecule has 0 radical (unpaired) electrons. The molecule has 2 aromatic rings. The highest BCUT2D eigenvalue weighted by Gasteiger charge is 2.10. The van der Waals surface area contributed by atoms with Gasteiger partial charge in [0.25, 0.3) is 0 Å². The minimum atomic E-state index is -1.48. The molecule has 0 amide bonds. The van der Waals surface area contributed by atoms with Gasteiger partial charge in [0.2, 0.25) is 5.88 Å². The van der Waals surface area contributed by atoms with Gasteiger partial charge >= 0.3 is 6.16 Å². The normalized spacial score (nSPS) is 10.6. The first-order valence-corrected chi connectivity index (χ1v) is 5.65. The predicted octanol–water partition coefficient (Wildman–Crippen LogP) is 2.80. The number of rotatable bonds is 2. The molecule has 1 aromatic heterocycles. The van der Waals surface area contributed by atoms with Gasteiger partial charge in [-0.05, 0) is 24.1 Å². The number of aromatic nitrogens is 1. The van der Waals surface area contributed by atoms with E-state index < -0.39 is 6.16 Å². The fourth-order valence-corrected chi connectivity index (χ4v) is 2.06. The second-order valence-corrected chi connectivity index (χ2v) is 4.13. The Labute approximate surface area is 107 Å². The standard InChI is InChI=1S/C12H10ClNO4/c1-2-6-3-7(13)11-8(4-6)14-10(5-9(11)15)18-12(16)17/h3-5H,2H2,1H3,(H,14,15)(H,16,17). The molecule has 0 atom stereocenters. The van der Waals surface area contributed by atoms with Crippen LogP contribution in [0.1, 0.15) is 12.5 Å². The highest BCUT2D eigenvalue weighted by atomic mass is 35.5. The smallest absolute Gasteiger partial charge is 0.449 e. The van der Waals surface area contributed by atoms with Crippen molar-refractivity contribution in [2.45, 2.75) is 13.3 Å². The zero-order valence-electron chi connectivity index (χ0n) is 9.49. The molecule has 1 heterocycles. The SMILES string of the molecule is CCc1cc(Cl)c2c(=O)cc(OC(=O)O)[nH]c2c1. The van der Waals surface area contributed by atoms with E-state index in [1.165, 1.54) is 0 Å². The second kappa shape index (κ2) is 4.70. The van der Waals surface area contributed by atoms with Gasteiger partial charge in [-0.1, -0.05) is 18.5 Å². The molecule has 5 nitrogen and oxygen atoms in total. The number of ether oxygens (including phenoxy) is 1. The lowest BCUT2D eigenvalue weighted by Gasteiger charge is -2.06. The minimum absolute atomic E-state index is 0.121. The maximum Gasteiger partial charge on any atom is 0.512 e. The van der Waals surface area contributed by atoms with Crippen LogP contribution in [0.25, 0.3) is 10.9 Å². The molecule has 1 aromatic carbocycles. The first-order valence-electron chi connectivity index (χ1n) is 5.27. The van der Waals surface area contributed by atoms with Crippen molar-refractivity contribution >= 4 is 28.7 Å².